The van der Waals surface area contributed by atoms with E-state index in [1.165, 1.54) is 24.2 Å². The molecule has 0 saturated carbocycles. The molecule has 1 atom stereocenters. The third-order valence-corrected chi connectivity index (χ3v) is 3.56. The maximum atomic E-state index is 9.35. The summed E-state index contributed by atoms with van der Waals surface area (Å²) in [5, 5.41) is 9.35. The Labute approximate surface area is 110 Å². The molecule has 0 aliphatic carbocycles. The van der Waals surface area contributed by atoms with E-state index in [0.29, 0.717) is 0 Å². The van der Waals surface area contributed by atoms with Crippen molar-refractivity contribution < 1.29 is 5.11 Å². The molecule has 1 aromatic carbocycles. The summed E-state index contributed by atoms with van der Waals surface area (Å²) in [6.07, 6.45) is 0.489. The summed E-state index contributed by atoms with van der Waals surface area (Å²) in [7, 11) is 2.18. The zero-order chi connectivity index (χ0) is 13.0. The molecule has 3 heteroatoms. The third kappa shape index (κ3) is 4.09. The molecule has 1 aliphatic rings. The molecule has 1 unspecified atom stereocenters. The standard InChI is InChI=1S/C15H24N2O/c1-13(18)11-14-3-5-15(6-4-14)12-17-9-7-16(2)8-10-17/h3-6,13,18H,7-12H2,1-2H3. The lowest BCUT2D eigenvalue weighted by molar-refractivity contribution is 0.148. The second-order valence-electron chi connectivity index (χ2n) is 5.45. The Morgan fingerprint density at radius 1 is 1.06 bits per heavy atom. The molecule has 18 heavy (non-hydrogen) atoms. The van der Waals surface area contributed by atoms with E-state index in [4.69, 9.17) is 0 Å². The highest BCUT2D eigenvalue weighted by atomic mass is 16.3. The van der Waals surface area contributed by atoms with E-state index >= 15 is 0 Å². The molecule has 3 nitrogen and oxygen atoms in total. The van der Waals surface area contributed by atoms with Crippen LogP contribution in [-0.2, 0) is 13.0 Å². The maximum Gasteiger partial charge on any atom is 0.0552 e. The molecular formula is C15H24N2O. The number of nitrogens with zero attached hydrogens (tertiary/aromatic N) is 2. The van der Waals surface area contributed by atoms with Crippen LogP contribution in [0, 0.1) is 0 Å². The number of aliphatic hydroxyl groups excluding tert-OH is 1. The number of aliphatic hydroxyl groups is 1. The SMILES string of the molecule is CC(O)Cc1ccc(CN2CCN(C)CC2)cc1. The highest BCUT2D eigenvalue weighted by Crippen LogP contribution is 2.10. The number of hydrogen-bond donors (Lipinski definition) is 1. The van der Waals surface area contributed by atoms with Crippen molar-refractivity contribution >= 4 is 0 Å². The largest absolute Gasteiger partial charge is 0.393 e. The normalized spacial score (nSPS) is 19.9. The fourth-order valence-corrected chi connectivity index (χ4v) is 2.39. The van der Waals surface area contributed by atoms with E-state index in [9.17, 15) is 5.11 Å². The van der Waals surface area contributed by atoms with Crippen LogP contribution in [0.5, 0.6) is 0 Å². The van der Waals surface area contributed by atoms with Crippen LogP contribution in [0.25, 0.3) is 0 Å². The van der Waals surface area contributed by atoms with Gasteiger partial charge in [0.15, 0.2) is 0 Å². The lowest BCUT2D eigenvalue weighted by atomic mass is 10.1. The molecule has 0 radical (unpaired) electrons. The fourth-order valence-electron chi connectivity index (χ4n) is 2.39. The summed E-state index contributed by atoms with van der Waals surface area (Å²) in [5.74, 6) is 0. The molecule has 1 heterocycles. The van der Waals surface area contributed by atoms with Crippen molar-refractivity contribution in [1.29, 1.82) is 0 Å². The van der Waals surface area contributed by atoms with Gasteiger partial charge >= 0.3 is 0 Å². The first-order chi connectivity index (χ1) is 8.63. The van der Waals surface area contributed by atoms with E-state index in [-0.39, 0.29) is 6.10 Å². The zero-order valence-corrected chi connectivity index (χ0v) is 11.5. The number of rotatable bonds is 4. The average Bonchev–Trinajstić information content (AvgIpc) is 2.34. The van der Waals surface area contributed by atoms with Crippen molar-refractivity contribution in [2.45, 2.75) is 26.0 Å². The number of benzene rings is 1. The maximum absolute atomic E-state index is 9.35. The molecule has 1 N–H and O–H groups in total. The molecule has 1 saturated heterocycles. The minimum atomic E-state index is -0.256. The fraction of sp³-hybridized carbons (Fsp3) is 0.600. The van der Waals surface area contributed by atoms with Gasteiger partial charge in [-0.1, -0.05) is 24.3 Å². The molecule has 100 valence electrons. The van der Waals surface area contributed by atoms with Crippen molar-refractivity contribution in [3.63, 3.8) is 0 Å². The predicted molar refractivity (Wildman–Crippen MR) is 74.6 cm³/mol. The van der Waals surface area contributed by atoms with Gasteiger partial charge in [-0.2, -0.15) is 0 Å². The minimum absolute atomic E-state index is 0.256. The zero-order valence-electron chi connectivity index (χ0n) is 11.5. The van der Waals surface area contributed by atoms with Crippen LogP contribution >= 0.6 is 0 Å². The monoisotopic (exact) mass is 248 g/mol. The molecule has 1 aromatic rings. The van der Waals surface area contributed by atoms with Gasteiger partial charge < -0.3 is 10.0 Å². The van der Waals surface area contributed by atoms with Crippen molar-refractivity contribution in [1.82, 2.24) is 9.80 Å². The van der Waals surface area contributed by atoms with E-state index in [1.807, 2.05) is 6.92 Å². The van der Waals surface area contributed by atoms with Gasteiger partial charge in [0, 0.05) is 32.7 Å². The van der Waals surface area contributed by atoms with E-state index in [1.54, 1.807) is 0 Å². The van der Waals surface area contributed by atoms with Gasteiger partial charge in [-0.05, 0) is 31.5 Å². The lowest BCUT2D eigenvalue weighted by Gasteiger charge is -2.32. The Morgan fingerprint density at radius 2 is 1.61 bits per heavy atom. The van der Waals surface area contributed by atoms with Crippen molar-refractivity contribution in [2.24, 2.45) is 0 Å². The summed E-state index contributed by atoms with van der Waals surface area (Å²) in [5.41, 5.74) is 2.58. The first kappa shape index (κ1) is 13.5. The highest BCUT2D eigenvalue weighted by Gasteiger charge is 2.13. The Bertz CT molecular complexity index is 353. The van der Waals surface area contributed by atoms with Crippen LogP contribution in [0.3, 0.4) is 0 Å². The van der Waals surface area contributed by atoms with Gasteiger partial charge in [0.05, 0.1) is 6.10 Å². The van der Waals surface area contributed by atoms with Crippen LogP contribution in [-0.4, -0.2) is 54.2 Å². The first-order valence-corrected chi connectivity index (χ1v) is 6.80. The summed E-state index contributed by atoms with van der Waals surface area (Å²) in [4.78, 5) is 4.88. The molecule has 0 aromatic heterocycles. The van der Waals surface area contributed by atoms with Gasteiger partial charge in [0.2, 0.25) is 0 Å². The van der Waals surface area contributed by atoms with Crippen LogP contribution in [0.1, 0.15) is 18.1 Å². The molecular weight excluding hydrogens is 224 g/mol. The Balaban J connectivity index is 1.86. The molecule has 0 bridgehead atoms. The summed E-state index contributed by atoms with van der Waals surface area (Å²) < 4.78 is 0. The third-order valence-electron chi connectivity index (χ3n) is 3.56. The predicted octanol–water partition coefficient (Wildman–Crippen LogP) is 1.36. The van der Waals surface area contributed by atoms with Crippen LogP contribution in [0.2, 0.25) is 0 Å². The average molecular weight is 248 g/mol. The van der Waals surface area contributed by atoms with Gasteiger partial charge in [0.1, 0.15) is 0 Å². The second-order valence-corrected chi connectivity index (χ2v) is 5.45. The number of piperazine rings is 1. The van der Waals surface area contributed by atoms with Gasteiger partial charge in [-0.25, -0.2) is 0 Å². The second kappa shape index (κ2) is 6.32. The van der Waals surface area contributed by atoms with Crippen LogP contribution in [0.15, 0.2) is 24.3 Å². The smallest absolute Gasteiger partial charge is 0.0552 e. The Kier molecular flexibility index (Phi) is 4.75. The number of hydrogen-bond acceptors (Lipinski definition) is 3. The van der Waals surface area contributed by atoms with E-state index in [0.717, 1.165) is 26.1 Å². The molecule has 1 aliphatic heterocycles. The molecule has 1 fully saturated rings. The topological polar surface area (TPSA) is 26.7 Å². The summed E-state index contributed by atoms with van der Waals surface area (Å²) in [6, 6.07) is 8.66. The first-order valence-electron chi connectivity index (χ1n) is 6.80. The molecule has 2 rings (SSSR count). The quantitative estimate of drug-likeness (QED) is 0.871. The van der Waals surface area contributed by atoms with Gasteiger partial charge in [0.25, 0.3) is 0 Å². The summed E-state index contributed by atoms with van der Waals surface area (Å²) in [6.45, 7) is 7.53. The van der Waals surface area contributed by atoms with E-state index < -0.39 is 0 Å². The Morgan fingerprint density at radius 3 is 2.17 bits per heavy atom. The van der Waals surface area contributed by atoms with Crippen LogP contribution < -0.4 is 0 Å². The Hall–Kier alpha value is -0.900. The van der Waals surface area contributed by atoms with Crippen molar-refractivity contribution in [3.05, 3.63) is 35.4 Å². The highest BCUT2D eigenvalue weighted by molar-refractivity contribution is 5.23. The molecule has 0 amide bonds. The lowest BCUT2D eigenvalue weighted by Crippen LogP contribution is -2.43. The van der Waals surface area contributed by atoms with Crippen molar-refractivity contribution in [3.8, 4) is 0 Å². The molecule has 0 spiro atoms. The van der Waals surface area contributed by atoms with E-state index in [2.05, 4.69) is 41.1 Å². The van der Waals surface area contributed by atoms with Gasteiger partial charge in [-0.15, -0.1) is 0 Å². The number of likely N-dealkylation sites (N-methyl/N-ethyl adjacent to an activating group) is 1. The van der Waals surface area contributed by atoms with Crippen molar-refractivity contribution in [2.75, 3.05) is 33.2 Å². The minimum Gasteiger partial charge on any atom is -0.393 e. The van der Waals surface area contributed by atoms with Crippen LogP contribution in [0.4, 0.5) is 0 Å². The van der Waals surface area contributed by atoms with Gasteiger partial charge in [-0.3, -0.25) is 4.90 Å². The summed E-state index contributed by atoms with van der Waals surface area (Å²) >= 11 is 0.